The van der Waals surface area contributed by atoms with Crippen LogP contribution < -0.4 is 14.8 Å². The van der Waals surface area contributed by atoms with E-state index in [2.05, 4.69) is 15.3 Å². The molecule has 2 aromatic rings. The predicted molar refractivity (Wildman–Crippen MR) is 79.9 cm³/mol. The minimum absolute atomic E-state index is 0.411. The van der Waals surface area contributed by atoms with E-state index in [9.17, 15) is 0 Å². The average Bonchev–Trinajstić information content (AvgIpc) is 2.57. The number of piperidine rings is 1. The molecule has 110 valence electrons. The van der Waals surface area contributed by atoms with Gasteiger partial charge < -0.3 is 14.8 Å². The molecule has 1 aromatic heterocycles. The van der Waals surface area contributed by atoms with Crippen LogP contribution in [0.25, 0.3) is 0 Å². The Labute approximate surface area is 124 Å². The number of rotatable bonds is 4. The van der Waals surface area contributed by atoms with Gasteiger partial charge in [0.2, 0.25) is 0 Å². The fourth-order valence-corrected chi connectivity index (χ4v) is 2.44. The monoisotopic (exact) mass is 285 g/mol. The number of nitrogens with zero attached hydrogens (tertiary/aromatic N) is 2. The van der Waals surface area contributed by atoms with Crippen molar-refractivity contribution in [2.45, 2.75) is 18.8 Å². The molecule has 1 aliphatic heterocycles. The molecular weight excluding hydrogens is 266 g/mol. The first-order valence-electron chi connectivity index (χ1n) is 7.20. The first-order chi connectivity index (χ1) is 10.3. The van der Waals surface area contributed by atoms with Crippen LogP contribution in [0, 0.1) is 0 Å². The van der Waals surface area contributed by atoms with Gasteiger partial charge in [-0.25, -0.2) is 9.97 Å². The van der Waals surface area contributed by atoms with Gasteiger partial charge in [-0.05, 0) is 43.7 Å². The lowest BCUT2D eigenvalue weighted by Crippen LogP contribution is -2.29. The summed E-state index contributed by atoms with van der Waals surface area (Å²) in [6, 6.07) is 7.44. The number of nitrogens with one attached hydrogen (secondary N) is 1. The molecule has 5 heteroatoms. The van der Waals surface area contributed by atoms with Crippen molar-refractivity contribution >= 4 is 0 Å². The van der Waals surface area contributed by atoms with Crippen molar-refractivity contribution in [3.63, 3.8) is 0 Å². The molecule has 0 aliphatic carbocycles. The molecule has 0 amide bonds. The van der Waals surface area contributed by atoms with Crippen LogP contribution in [0.15, 0.2) is 36.7 Å². The molecular formula is C16H19N3O2. The fourth-order valence-electron chi connectivity index (χ4n) is 2.44. The average molecular weight is 285 g/mol. The lowest BCUT2D eigenvalue weighted by atomic mass is 9.99. The maximum Gasteiger partial charge on any atom is 0.164 e. The van der Waals surface area contributed by atoms with E-state index in [-0.39, 0.29) is 0 Å². The lowest BCUT2D eigenvalue weighted by Gasteiger charge is -2.21. The Morgan fingerprint density at radius 1 is 1.05 bits per heavy atom. The molecule has 2 heterocycles. The zero-order chi connectivity index (χ0) is 14.5. The summed E-state index contributed by atoms with van der Waals surface area (Å²) < 4.78 is 10.8. The van der Waals surface area contributed by atoms with E-state index in [1.807, 2.05) is 24.3 Å². The SMILES string of the molecule is COc1ccc(Oc2cnc(C3CCCNC3)nc2)cc1. The van der Waals surface area contributed by atoms with Crippen LogP contribution in [0.5, 0.6) is 17.2 Å². The second kappa shape index (κ2) is 6.54. The maximum absolute atomic E-state index is 5.72. The molecule has 0 spiro atoms. The molecule has 1 atom stereocenters. The minimum Gasteiger partial charge on any atom is -0.497 e. The highest BCUT2D eigenvalue weighted by molar-refractivity contribution is 5.34. The summed E-state index contributed by atoms with van der Waals surface area (Å²) in [6.45, 7) is 2.05. The van der Waals surface area contributed by atoms with E-state index >= 15 is 0 Å². The van der Waals surface area contributed by atoms with E-state index in [0.717, 1.165) is 36.8 Å². The number of hydrogen-bond donors (Lipinski definition) is 1. The summed E-state index contributed by atoms with van der Waals surface area (Å²) in [6.07, 6.45) is 5.80. The van der Waals surface area contributed by atoms with Crippen LogP contribution >= 0.6 is 0 Å². The van der Waals surface area contributed by atoms with Gasteiger partial charge in [0.1, 0.15) is 17.3 Å². The summed E-state index contributed by atoms with van der Waals surface area (Å²) in [5.41, 5.74) is 0. The van der Waals surface area contributed by atoms with Crippen molar-refractivity contribution < 1.29 is 9.47 Å². The molecule has 1 fully saturated rings. The molecule has 3 rings (SSSR count). The Balaban J connectivity index is 1.65. The number of benzene rings is 1. The van der Waals surface area contributed by atoms with Crippen LogP contribution in [0.1, 0.15) is 24.6 Å². The zero-order valence-electron chi connectivity index (χ0n) is 12.1. The van der Waals surface area contributed by atoms with E-state index in [0.29, 0.717) is 11.7 Å². The Kier molecular flexibility index (Phi) is 4.31. The second-order valence-corrected chi connectivity index (χ2v) is 5.10. The summed E-state index contributed by atoms with van der Waals surface area (Å²) in [5.74, 6) is 3.50. The van der Waals surface area contributed by atoms with Crippen molar-refractivity contribution in [3.05, 3.63) is 42.5 Å². The van der Waals surface area contributed by atoms with Crippen molar-refractivity contribution in [3.8, 4) is 17.2 Å². The molecule has 5 nitrogen and oxygen atoms in total. The summed E-state index contributed by atoms with van der Waals surface area (Å²) in [7, 11) is 1.64. The van der Waals surface area contributed by atoms with Crippen molar-refractivity contribution in [2.75, 3.05) is 20.2 Å². The third-order valence-corrected chi connectivity index (χ3v) is 3.61. The van der Waals surface area contributed by atoms with Crippen LogP contribution in [0.3, 0.4) is 0 Å². The van der Waals surface area contributed by atoms with Crippen molar-refractivity contribution in [1.29, 1.82) is 0 Å². The number of aromatic nitrogens is 2. The van der Waals surface area contributed by atoms with Crippen molar-refractivity contribution in [1.82, 2.24) is 15.3 Å². The standard InChI is InChI=1S/C16H19N3O2/c1-20-13-4-6-14(7-5-13)21-15-10-18-16(19-11-15)12-3-2-8-17-9-12/h4-7,10-12,17H,2-3,8-9H2,1H3. The molecule has 1 aliphatic rings. The fraction of sp³-hybridized carbons (Fsp3) is 0.375. The third-order valence-electron chi connectivity index (χ3n) is 3.61. The van der Waals surface area contributed by atoms with Crippen LogP contribution in [-0.4, -0.2) is 30.2 Å². The normalized spacial score (nSPS) is 18.2. The molecule has 0 saturated carbocycles. The molecule has 21 heavy (non-hydrogen) atoms. The highest BCUT2D eigenvalue weighted by atomic mass is 16.5. The van der Waals surface area contributed by atoms with Gasteiger partial charge in [-0.1, -0.05) is 0 Å². The summed E-state index contributed by atoms with van der Waals surface area (Å²) in [4.78, 5) is 8.86. The highest BCUT2D eigenvalue weighted by Gasteiger charge is 2.17. The van der Waals surface area contributed by atoms with Crippen LogP contribution in [0.4, 0.5) is 0 Å². The minimum atomic E-state index is 0.411. The Morgan fingerprint density at radius 2 is 1.76 bits per heavy atom. The quantitative estimate of drug-likeness (QED) is 0.936. The van der Waals surface area contributed by atoms with E-state index < -0.39 is 0 Å². The number of ether oxygens (including phenoxy) is 2. The first-order valence-corrected chi connectivity index (χ1v) is 7.20. The highest BCUT2D eigenvalue weighted by Crippen LogP contribution is 2.24. The van der Waals surface area contributed by atoms with Gasteiger partial charge in [0.05, 0.1) is 19.5 Å². The molecule has 1 N–H and O–H groups in total. The van der Waals surface area contributed by atoms with Gasteiger partial charge in [0.15, 0.2) is 5.75 Å². The second-order valence-electron chi connectivity index (χ2n) is 5.10. The summed E-state index contributed by atoms with van der Waals surface area (Å²) in [5, 5.41) is 3.38. The van der Waals surface area contributed by atoms with Gasteiger partial charge in [-0.15, -0.1) is 0 Å². The first kappa shape index (κ1) is 13.8. The third kappa shape index (κ3) is 3.49. The number of methoxy groups -OCH3 is 1. The van der Waals surface area contributed by atoms with Crippen molar-refractivity contribution in [2.24, 2.45) is 0 Å². The van der Waals surface area contributed by atoms with Gasteiger partial charge >= 0.3 is 0 Å². The topological polar surface area (TPSA) is 56.3 Å². The van der Waals surface area contributed by atoms with Gasteiger partial charge in [0.25, 0.3) is 0 Å². The van der Waals surface area contributed by atoms with Gasteiger partial charge in [-0.3, -0.25) is 0 Å². The molecule has 0 radical (unpaired) electrons. The molecule has 1 saturated heterocycles. The molecule has 1 unspecified atom stereocenters. The van der Waals surface area contributed by atoms with Crippen LogP contribution in [0.2, 0.25) is 0 Å². The lowest BCUT2D eigenvalue weighted by molar-refractivity contribution is 0.412. The largest absolute Gasteiger partial charge is 0.497 e. The summed E-state index contributed by atoms with van der Waals surface area (Å²) >= 11 is 0. The Morgan fingerprint density at radius 3 is 2.38 bits per heavy atom. The molecule has 0 bridgehead atoms. The van der Waals surface area contributed by atoms with E-state index in [1.54, 1.807) is 19.5 Å². The number of hydrogen-bond acceptors (Lipinski definition) is 5. The smallest absolute Gasteiger partial charge is 0.164 e. The Bertz CT molecular complexity index is 563. The van der Waals surface area contributed by atoms with E-state index in [1.165, 1.54) is 6.42 Å². The zero-order valence-corrected chi connectivity index (χ0v) is 12.1. The van der Waals surface area contributed by atoms with Gasteiger partial charge in [-0.2, -0.15) is 0 Å². The Hall–Kier alpha value is -2.14. The van der Waals surface area contributed by atoms with E-state index in [4.69, 9.17) is 9.47 Å². The van der Waals surface area contributed by atoms with Gasteiger partial charge in [0, 0.05) is 12.5 Å². The maximum atomic E-state index is 5.72. The van der Waals surface area contributed by atoms with Crippen LogP contribution in [-0.2, 0) is 0 Å². The predicted octanol–water partition coefficient (Wildman–Crippen LogP) is 2.74. The molecule has 1 aromatic carbocycles.